The predicted octanol–water partition coefficient (Wildman–Crippen LogP) is 3.41. The molecule has 0 saturated heterocycles. The summed E-state index contributed by atoms with van der Waals surface area (Å²) in [7, 11) is 1.63. The normalized spacial score (nSPS) is 14.2. The molecule has 2 heterocycles. The molecule has 2 aromatic heterocycles. The molecule has 0 atom stereocenters. The predicted molar refractivity (Wildman–Crippen MR) is 90.9 cm³/mol. The first-order valence-corrected chi connectivity index (χ1v) is 8.16. The van der Waals surface area contributed by atoms with Crippen molar-refractivity contribution >= 4 is 40.1 Å². The number of aryl methyl sites for hydroxylation is 1. The minimum atomic E-state index is -4.49. The molecule has 0 radical (unpaired) electrons. The molecule has 0 aliphatic carbocycles. The quantitative estimate of drug-likeness (QED) is 0.630. The number of hydrogen-bond donors (Lipinski definition) is 2. The Balaban J connectivity index is 2.68. The molecule has 0 saturated carbocycles. The van der Waals surface area contributed by atoms with Gasteiger partial charge in [0, 0.05) is 13.2 Å². The van der Waals surface area contributed by atoms with E-state index in [9.17, 15) is 13.2 Å². The molecule has 5 nitrogen and oxygen atoms in total. The Morgan fingerprint density at radius 1 is 1.42 bits per heavy atom. The Bertz CT molecular complexity index is 822. The summed E-state index contributed by atoms with van der Waals surface area (Å²) in [5.74, 6) is 1.03. The lowest BCUT2D eigenvalue weighted by Crippen LogP contribution is -2.06. The highest BCUT2D eigenvalue weighted by Crippen LogP contribution is 2.32. The van der Waals surface area contributed by atoms with Crippen LogP contribution in [0.15, 0.2) is 28.5 Å². The van der Waals surface area contributed by atoms with Gasteiger partial charge < -0.3 is 16.0 Å². The maximum Gasteiger partial charge on any atom is 0.417 e. The number of nitrogens with zero attached hydrogens (tertiary/aromatic N) is 3. The molecule has 0 fully saturated rings. The Morgan fingerprint density at radius 3 is 2.62 bits per heavy atom. The summed E-state index contributed by atoms with van der Waals surface area (Å²) in [6.45, 7) is 1.91. The maximum absolute atomic E-state index is 12.8. The number of rotatable bonds is 4. The lowest BCUT2D eigenvalue weighted by Gasteiger charge is -2.08. The van der Waals surface area contributed by atoms with E-state index in [2.05, 4.69) is 9.97 Å². The summed E-state index contributed by atoms with van der Waals surface area (Å²) in [5.41, 5.74) is 11.5. The molecule has 130 valence electrons. The molecule has 0 aliphatic heterocycles. The number of fused-ring (bicyclic) bond motifs is 1. The fraction of sp³-hybridized carbons (Fsp3) is 0.286. The minimum absolute atomic E-state index is 0.0133. The van der Waals surface area contributed by atoms with E-state index in [1.807, 2.05) is 6.92 Å². The maximum atomic E-state index is 12.8. The van der Waals surface area contributed by atoms with Gasteiger partial charge in [-0.1, -0.05) is 18.5 Å². The van der Waals surface area contributed by atoms with Crippen LogP contribution in [0.2, 0.25) is 0 Å². The van der Waals surface area contributed by atoms with Crippen molar-refractivity contribution in [2.75, 3.05) is 5.75 Å². The number of aromatic nitrogens is 3. The molecular weight excluding hydrogens is 363 g/mol. The zero-order valence-corrected chi connectivity index (χ0v) is 14.4. The highest BCUT2D eigenvalue weighted by Gasteiger charge is 2.31. The lowest BCUT2D eigenvalue weighted by molar-refractivity contribution is -0.137. The molecule has 0 aliphatic rings. The smallest absolute Gasteiger partial charge is 0.393 e. The van der Waals surface area contributed by atoms with E-state index in [0.717, 1.165) is 12.3 Å². The van der Waals surface area contributed by atoms with Crippen LogP contribution in [0.5, 0.6) is 0 Å². The topological polar surface area (TPSA) is 82.8 Å². The zero-order chi connectivity index (χ0) is 18.1. The summed E-state index contributed by atoms with van der Waals surface area (Å²) in [6.07, 6.45) is -2.30. The summed E-state index contributed by atoms with van der Waals surface area (Å²) in [4.78, 5) is 8.09. The first kappa shape index (κ1) is 18.5. The number of imidazole rings is 1. The second kappa shape index (κ2) is 6.94. The van der Waals surface area contributed by atoms with Gasteiger partial charge in [-0.15, -0.1) is 11.8 Å². The van der Waals surface area contributed by atoms with Crippen LogP contribution >= 0.6 is 23.4 Å². The number of halogens is 4. The van der Waals surface area contributed by atoms with Crippen molar-refractivity contribution in [3.63, 3.8) is 0 Å². The summed E-state index contributed by atoms with van der Waals surface area (Å²) in [6, 6.07) is 0.945. The summed E-state index contributed by atoms with van der Waals surface area (Å²) < 4.78 is 40.0. The second-order valence-corrected chi connectivity index (χ2v) is 6.54. The molecule has 0 amide bonds. The van der Waals surface area contributed by atoms with Gasteiger partial charge in [0.05, 0.1) is 21.3 Å². The van der Waals surface area contributed by atoms with Gasteiger partial charge in [0.15, 0.2) is 5.65 Å². The van der Waals surface area contributed by atoms with E-state index in [1.54, 1.807) is 11.6 Å². The van der Waals surface area contributed by atoms with E-state index in [-0.39, 0.29) is 10.7 Å². The second-order valence-electron chi connectivity index (χ2n) is 4.80. The van der Waals surface area contributed by atoms with Crippen molar-refractivity contribution < 1.29 is 13.2 Å². The van der Waals surface area contributed by atoms with Crippen LogP contribution in [-0.2, 0) is 13.2 Å². The van der Waals surface area contributed by atoms with Gasteiger partial charge >= 0.3 is 6.18 Å². The van der Waals surface area contributed by atoms with Gasteiger partial charge in [0.1, 0.15) is 11.3 Å². The van der Waals surface area contributed by atoms with Crippen LogP contribution in [-0.4, -0.2) is 20.3 Å². The number of pyridine rings is 1. The number of hydrogen-bond acceptors (Lipinski definition) is 5. The molecule has 0 bridgehead atoms. The van der Waals surface area contributed by atoms with E-state index >= 15 is 0 Å². The number of thioether (sulfide) groups is 1. The third-order valence-electron chi connectivity index (χ3n) is 3.12. The van der Waals surface area contributed by atoms with Crippen LogP contribution in [0.25, 0.3) is 16.7 Å². The van der Waals surface area contributed by atoms with Crippen LogP contribution in [0, 0.1) is 0 Å². The monoisotopic (exact) mass is 377 g/mol. The van der Waals surface area contributed by atoms with E-state index in [1.165, 1.54) is 17.8 Å². The van der Waals surface area contributed by atoms with E-state index < -0.39 is 11.7 Å². The number of nitrogens with two attached hydrogens (primary N) is 2. The van der Waals surface area contributed by atoms with Crippen molar-refractivity contribution in [1.29, 1.82) is 0 Å². The molecule has 24 heavy (non-hydrogen) atoms. The average molecular weight is 378 g/mol. The van der Waals surface area contributed by atoms with Crippen LogP contribution < -0.4 is 11.5 Å². The molecule has 0 unspecified atom stereocenters. The van der Waals surface area contributed by atoms with Gasteiger partial charge in [-0.25, -0.2) is 9.97 Å². The molecular formula is C14H15ClF3N5S. The average Bonchev–Trinajstić information content (AvgIpc) is 2.80. The molecule has 10 heteroatoms. The first-order valence-electron chi connectivity index (χ1n) is 6.80. The molecule has 2 aromatic rings. The lowest BCUT2D eigenvalue weighted by atomic mass is 10.2. The van der Waals surface area contributed by atoms with Crippen LogP contribution in [0.4, 0.5) is 13.2 Å². The molecule has 4 N–H and O–H groups in total. The number of alkyl halides is 3. The number of allylic oxidation sites excluding steroid dienone is 2. The highest BCUT2D eigenvalue weighted by molar-refractivity contribution is 8.03. The first-order chi connectivity index (χ1) is 11.1. The van der Waals surface area contributed by atoms with Crippen molar-refractivity contribution in [2.45, 2.75) is 13.1 Å². The third-order valence-corrected chi connectivity index (χ3v) is 4.05. The Labute approximate surface area is 145 Å². The molecule has 2 rings (SSSR count). The van der Waals surface area contributed by atoms with Crippen LogP contribution in [0.1, 0.15) is 18.3 Å². The van der Waals surface area contributed by atoms with Gasteiger partial charge in [0.2, 0.25) is 0 Å². The van der Waals surface area contributed by atoms with Gasteiger partial charge in [0.25, 0.3) is 0 Å². The molecule has 0 aromatic carbocycles. The Kier molecular flexibility index (Phi) is 5.34. The van der Waals surface area contributed by atoms with Crippen LogP contribution in [0.3, 0.4) is 0 Å². The summed E-state index contributed by atoms with van der Waals surface area (Å²) in [5, 5.41) is 0.399. The van der Waals surface area contributed by atoms with Crippen molar-refractivity contribution in [3.05, 3.63) is 39.9 Å². The third kappa shape index (κ3) is 3.78. The zero-order valence-electron chi connectivity index (χ0n) is 12.9. The minimum Gasteiger partial charge on any atom is -0.393 e. The SMILES string of the molecule is CCS/C(N)=C(/C=C(\N)Cl)c1nc2cc(C(F)(F)F)cnc2n1C. The van der Waals surface area contributed by atoms with E-state index in [0.29, 0.717) is 27.8 Å². The Morgan fingerprint density at radius 2 is 2.08 bits per heavy atom. The van der Waals surface area contributed by atoms with Crippen molar-refractivity contribution in [1.82, 2.24) is 14.5 Å². The largest absolute Gasteiger partial charge is 0.417 e. The van der Waals surface area contributed by atoms with Gasteiger partial charge in [-0.2, -0.15) is 13.2 Å². The van der Waals surface area contributed by atoms with Gasteiger partial charge in [-0.05, 0) is 17.9 Å². The standard InChI is InChI=1S/C14H15ClF3N5S/c1-3-24-11(20)8(5-10(15)19)12-22-9-4-7(14(16,17)18)6-21-13(9)23(12)2/h4-6H,3,19-20H2,1-2H3/b10-5-,11-8-. The van der Waals surface area contributed by atoms with Crippen molar-refractivity contribution in [3.8, 4) is 0 Å². The fourth-order valence-corrected chi connectivity index (χ4v) is 2.81. The van der Waals surface area contributed by atoms with Gasteiger partial charge in [-0.3, -0.25) is 0 Å². The fourth-order valence-electron chi connectivity index (χ4n) is 2.09. The summed E-state index contributed by atoms with van der Waals surface area (Å²) >= 11 is 7.09. The highest BCUT2D eigenvalue weighted by atomic mass is 35.5. The van der Waals surface area contributed by atoms with E-state index in [4.69, 9.17) is 23.1 Å². The molecule has 0 spiro atoms. The van der Waals surface area contributed by atoms with Crippen molar-refractivity contribution in [2.24, 2.45) is 18.5 Å². The Hall–Kier alpha value is -1.87.